The first-order valence-electron chi connectivity index (χ1n) is 5.16. The molecule has 2 rings (SSSR count). The highest BCUT2D eigenvalue weighted by Crippen LogP contribution is 2.18. The van der Waals surface area contributed by atoms with Gasteiger partial charge in [0.15, 0.2) is 0 Å². The van der Waals surface area contributed by atoms with Crippen molar-refractivity contribution in [1.82, 2.24) is 4.98 Å². The Hall–Kier alpha value is -0.870. The van der Waals surface area contributed by atoms with E-state index in [0.717, 1.165) is 26.8 Å². The van der Waals surface area contributed by atoms with Gasteiger partial charge in [-0.1, -0.05) is 50.1 Å². The number of halogens is 2. The number of ether oxygens (including phenoxy) is 1. The number of benzene rings is 1. The van der Waals surface area contributed by atoms with Crippen molar-refractivity contribution in [2.24, 2.45) is 0 Å². The lowest BCUT2D eigenvalue weighted by molar-refractivity contribution is 0.304. The summed E-state index contributed by atoms with van der Waals surface area (Å²) in [5.74, 6) is 0.783. The summed E-state index contributed by atoms with van der Waals surface area (Å²) >= 11 is 6.85. The summed E-state index contributed by atoms with van der Waals surface area (Å²) in [5.41, 5.74) is 2.12. The van der Waals surface area contributed by atoms with Crippen LogP contribution in [0, 0.1) is 0 Å². The zero-order valence-corrected chi connectivity index (χ0v) is 12.2. The smallest absolute Gasteiger partial charge is 0.138 e. The Morgan fingerprint density at radius 3 is 2.59 bits per heavy atom. The number of rotatable bonds is 4. The number of aromatic nitrogens is 1. The van der Waals surface area contributed by atoms with Gasteiger partial charge in [0.05, 0.1) is 11.9 Å². The minimum atomic E-state index is 0.538. The van der Waals surface area contributed by atoms with Gasteiger partial charge in [-0.3, -0.25) is 4.98 Å². The van der Waals surface area contributed by atoms with Crippen LogP contribution in [-0.2, 0) is 11.9 Å². The average molecular weight is 357 g/mol. The molecular weight excluding hydrogens is 346 g/mol. The van der Waals surface area contributed by atoms with Gasteiger partial charge in [-0.25, -0.2) is 0 Å². The maximum atomic E-state index is 5.66. The van der Waals surface area contributed by atoms with E-state index in [1.54, 1.807) is 6.20 Å². The molecule has 2 aromatic rings. The maximum Gasteiger partial charge on any atom is 0.138 e. The Morgan fingerprint density at radius 1 is 1.12 bits per heavy atom. The van der Waals surface area contributed by atoms with Crippen molar-refractivity contribution in [2.75, 3.05) is 0 Å². The molecule has 0 atom stereocenters. The fraction of sp³-hybridized carbons (Fsp3) is 0.154. The summed E-state index contributed by atoms with van der Waals surface area (Å²) in [5, 5.41) is 0.761. The molecule has 17 heavy (non-hydrogen) atoms. The standard InChI is InChI=1S/C13H11Br2NO/c14-7-11-5-6-12(8-16-11)17-9-10-3-1-2-4-13(10)15/h1-6,8H,7,9H2. The topological polar surface area (TPSA) is 22.1 Å². The first kappa shape index (κ1) is 12.6. The van der Waals surface area contributed by atoms with Gasteiger partial charge in [0, 0.05) is 15.4 Å². The van der Waals surface area contributed by atoms with Crippen molar-refractivity contribution in [1.29, 1.82) is 0 Å². The predicted molar refractivity (Wildman–Crippen MR) is 75.3 cm³/mol. The zero-order chi connectivity index (χ0) is 12.1. The summed E-state index contributed by atoms with van der Waals surface area (Å²) in [6.07, 6.45) is 1.74. The fourth-order valence-corrected chi connectivity index (χ4v) is 2.08. The highest BCUT2D eigenvalue weighted by atomic mass is 79.9. The van der Waals surface area contributed by atoms with Crippen LogP contribution in [-0.4, -0.2) is 4.98 Å². The molecule has 0 radical (unpaired) electrons. The summed E-state index contributed by atoms with van der Waals surface area (Å²) in [6, 6.07) is 11.9. The van der Waals surface area contributed by atoms with Gasteiger partial charge in [0.2, 0.25) is 0 Å². The highest BCUT2D eigenvalue weighted by molar-refractivity contribution is 9.10. The molecule has 0 bridgehead atoms. The monoisotopic (exact) mass is 355 g/mol. The molecule has 1 aromatic heterocycles. The Morgan fingerprint density at radius 2 is 1.94 bits per heavy atom. The molecule has 0 fully saturated rings. The van der Waals surface area contributed by atoms with Gasteiger partial charge in [-0.2, -0.15) is 0 Å². The van der Waals surface area contributed by atoms with E-state index in [-0.39, 0.29) is 0 Å². The molecule has 88 valence electrons. The zero-order valence-electron chi connectivity index (χ0n) is 9.07. The maximum absolute atomic E-state index is 5.66. The van der Waals surface area contributed by atoms with Crippen molar-refractivity contribution in [3.8, 4) is 5.75 Å². The minimum Gasteiger partial charge on any atom is -0.487 e. The van der Waals surface area contributed by atoms with Crippen LogP contribution in [0.1, 0.15) is 11.3 Å². The molecule has 0 unspecified atom stereocenters. The Kier molecular flexibility index (Phi) is 4.57. The third-order valence-electron chi connectivity index (χ3n) is 2.29. The third kappa shape index (κ3) is 3.54. The fourth-order valence-electron chi connectivity index (χ4n) is 1.35. The van der Waals surface area contributed by atoms with Gasteiger partial charge in [-0.15, -0.1) is 0 Å². The quantitative estimate of drug-likeness (QED) is 0.761. The van der Waals surface area contributed by atoms with Gasteiger partial charge < -0.3 is 4.74 Å². The molecule has 0 saturated carbocycles. The van der Waals surface area contributed by atoms with Crippen LogP contribution < -0.4 is 4.74 Å². The number of alkyl halides is 1. The van der Waals surface area contributed by atoms with Gasteiger partial charge >= 0.3 is 0 Å². The second-order valence-corrected chi connectivity index (χ2v) is 4.91. The van der Waals surface area contributed by atoms with E-state index in [4.69, 9.17) is 4.74 Å². The first-order valence-corrected chi connectivity index (χ1v) is 7.08. The van der Waals surface area contributed by atoms with Crippen LogP contribution in [0.4, 0.5) is 0 Å². The van der Waals surface area contributed by atoms with Crippen molar-refractivity contribution in [3.05, 3.63) is 58.3 Å². The molecule has 0 spiro atoms. The average Bonchev–Trinajstić information content (AvgIpc) is 2.38. The lowest BCUT2D eigenvalue weighted by Gasteiger charge is -2.07. The van der Waals surface area contributed by atoms with Crippen molar-refractivity contribution < 1.29 is 4.74 Å². The van der Waals surface area contributed by atoms with E-state index < -0.39 is 0 Å². The van der Waals surface area contributed by atoms with Crippen LogP contribution >= 0.6 is 31.9 Å². The number of hydrogen-bond acceptors (Lipinski definition) is 2. The molecule has 0 N–H and O–H groups in total. The van der Waals surface area contributed by atoms with Crippen molar-refractivity contribution >= 4 is 31.9 Å². The number of pyridine rings is 1. The van der Waals surface area contributed by atoms with E-state index in [1.807, 2.05) is 36.4 Å². The Labute approximate surface area is 117 Å². The predicted octanol–water partition coefficient (Wildman–Crippen LogP) is 4.32. The molecule has 2 nitrogen and oxygen atoms in total. The molecule has 0 aliphatic rings. The molecule has 0 amide bonds. The third-order valence-corrected chi connectivity index (χ3v) is 3.63. The van der Waals surface area contributed by atoms with E-state index in [2.05, 4.69) is 36.8 Å². The Bertz CT molecular complexity index is 485. The number of hydrogen-bond donors (Lipinski definition) is 0. The SMILES string of the molecule is BrCc1ccc(OCc2ccccc2Br)cn1. The van der Waals surface area contributed by atoms with Gasteiger partial charge in [-0.05, 0) is 18.2 Å². The molecule has 1 heterocycles. The van der Waals surface area contributed by atoms with E-state index in [9.17, 15) is 0 Å². The minimum absolute atomic E-state index is 0.538. The number of nitrogens with zero attached hydrogens (tertiary/aromatic N) is 1. The summed E-state index contributed by atoms with van der Waals surface area (Å²) in [6.45, 7) is 0.538. The van der Waals surface area contributed by atoms with Crippen LogP contribution in [0.15, 0.2) is 47.1 Å². The van der Waals surface area contributed by atoms with Crippen LogP contribution in [0.5, 0.6) is 5.75 Å². The second kappa shape index (κ2) is 6.17. The van der Waals surface area contributed by atoms with Crippen LogP contribution in [0.3, 0.4) is 0 Å². The first-order chi connectivity index (χ1) is 8.29. The molecule has 0 aliphatic heterocycles. The summed E-state index contributed by atoms with van der Waals surface area (Å²) in [7, 11) is 0. The molecule has 4 heteroatoms. The normalized spacial score (nSPS) is 10.2. The lowest BCUT2D eigenvalue weighted by Crippen LogP contribution is -1.97. The van der Waals surface area contributed by atoms with E-state index in [1.165, 1.54) is 0 Å². The van der Waals surface area contributed by atoms with E-state index >= 15 is 0 Å². The van der Waals surface area contributed by atoms with Crippen LogP contribution in [0.25, 0.3) is 0 Å². The molecule has 0 aliphatic carbocycles. The summed E-state index contributed by atoms with van der Waals surface area (Å²) in [4.78, 5) is 4.25. The lowest BCUT2D eigenvalue weighted by atomic mass is 10.2. The Balaban J connectivity index is 2.00. The van der Waals surface area contributed by atoms with Crippen molar-refractivity contribution in [2.45, 2.75) is 11.9 Å². The molecule has 0 saturated heterocycles. The highest BCUT2D eigenvalue weighted by Gasteiger charge is 2.00. The largest absolute Gasteiger partial charge is 0.487 e. The second-order valence-electron chi connectivity index (χ2n) is 3.50. The summed E-state index contributed by atoms with van der Waals surface area (Å²) < 4.78 is 6.72. The molecule has 1 aromatic carbocycles. The van der Waals surface area contributed by atoms with Gasteiger partial charge in [0.1, 0.15) is 12.4 Å². The van der Waals surface area contributed by atoms with E-state index in [0.29, 0.717) is 6.61 Å². The van der Waals surface area contributed by atoms with Crippen molar-refractivity contribution in [3.63, 3.8) is 0 Å². The van der Waals surface area contributed by atoms with Gasteiger partial charge in [0.25, 0.3) is 0 Å². The molecular formula is C13H11Br2NO. The van der Waals surface area contributed by atoms with Crippen LogP contribution in [0.2, 0.25) is 0 Å².